The number of hydrogen-bond donors (Lipinski definition) is 1. The number of azide groups is 1. The molecule has 2 unspecified atom stereocenters. The predicted molar refractivity (Wildman–Crippen MR) is 160 cm³/mol. The molecule has 14 heteroatoms. The van der Waals surface area contributed by atoms with E-state index in [-0.39, 0.29) is 21.7 Å². The first-order valence-electron chi connectivity index (χ1n) is 12.6. The monoisotopic (exact) mass is 603 g/mol. The molecular formula is C28H23Cl2N9O3. The van der Waals surface area contributed by atoms with Crippen LogP contribution in [0, 0.1) is 0 Å². The lowest BCUT2D eigenvalue weighted by molar-refractivity contribution is 0.191. The van der Waals surface area contributed by atoms with Gasteiger partial charge in [-0.15, -0.1) is 0 Å². The van der Waals surface area contributed by atoms with Crippen LogP contribution in [0.15, 0.2) is 99.9 Å². The second-order valence-electron chi connectivity index (χ2n) is 9.15. The average molecular weight is 604 g/mol. The van der Waals surface area contributed by atoms with E-state index in [1.165, 1.54) is 30.3 Å². The lowest BCUT2D eigenvalue weighted by Gasteiger charge is -2.16. The Balaban J connectivity index is 0.000000169. The Hall–Kier alpha value is -4.87. The molecule has 0 saturated carbocycles. The van der Waals surface area contributed by atoms with Gasteiger partial charge < -0.3 is 5.11 Å². The molecule has 212 valence electrons. The molecule has 0 aliphatic carbocycles. The number of rotatable bonds is 5. The van der Waals surface area contributed by atoms with Gasteiger partial charge in [0.25, 0.3) is 0 Å². The number of imidazole rings is 2. The van der Waals surface area contributed by atoms with E-state index < -0.39 is 12.1 Å². The summed E-state index contributed by atoms with van der Waals surface area (Å²) < 4.78 is 5.52. The quantitative estimate of drug-likeness (QED) is 0.152. The first-order valence-corrected chi connectivity index (χ1v) is 13.4. The second-order valence-corrected chi connectivity index (χ2v) is 9.93. The maximum Gasteiger partial charge on any atom is 0.340 e. The molecule has 0 saturated heterocycles. The minimum atomic E-state index is -0.802. The molecule has 6 aromatic rings. The zero-order valence-electron chi connectivity index (χ0n) is 22.3. The smallest absolute Gasteiger partial charge is 0.340 e. The number of aromatic nitrogens is 6. The first kappa shape index (κ1) is 28.7. The van der Waals surface area contributed by atoms with E-state index in [1.54, 1.807) is 50.2 Å². The highest BCUT2D eigenvalue weighted by Crippen LogP contribution is 2.22. The Morgan fingerprint density at radius 1 is 0.786 bits per heavy atom. The lowest BCUT2D eigenvalue weighted by atomic mass is 10.2. The van der Waals surface area contributed by atoms with Crippen LogP contribution in [0.1, 0.15) is 37.4 Å². The number of aliphatic hydroxyl groups excluding tert-OH is 1. The van der Waals surface area contributed by atoms with Gasteiger partial charge in [-0.05, 0) is 36.7 Å². The third-order valence-electron chi connectivity index (χ3n) is 6.44. The summed E-state index contributed by atoms with van der Waals surface area (Å²) in [5, 5.41) is 14.1. The fourth-order valence-electron chi connectivity index (χ4n) is 4.51. The standard InChI is InChI=1S/C14H11ClN6O.C14H12ClN3O2/c1-9(18-19-16)11-7-13-17-8-12(15)21(13)14(22)20(11)10-5-3-2-4-6-10;1-9(19)11-7-13-16-8-12(15)18(13)14(20)17(11)10-5-3-2-4-6-10/h2-9H,1H3;2-9,19H,1H3. The third-order valence-corrected chi connectivity index (χ3v) is 6.97. The minimum Gasteiger partial charge on any atom is -0.387 e. The molecule has 0 aliphatic heterocycles. The molecule has 42 heavy (non-hydrogen) atoms. The molecule has 0 fully saturated rings. The van der Waals surface area contributed by atoms with E-state index in [1.807, 2.05) is 36.4 Å². The van der Waals surface area contributed by atoms with Gasteiger partial charge in [0.1, 0.15) is 21.6 Å². The lowest BCUT2D eigenvalue weighted by Crippen LogP contribution is -2.28. The topological polar surface area (TPSA) is 148 Å². The molecule has 2 aromatic carbocycles. The number of fused-ring (bicyclic) bond motifs is 2. The number of nitrogens with zero attached hydrogens (tertiary/aromatic N) is 9. The largest absolute Gasteiger partial charge is 0.387 e. The average Bonchev–Trinajstić information content (AvgIpc) is 3.56. The van der Waals surface area contributed by atoms with Gasteiger partial charge in [-0.3, -0.25) is 9.13 Å². The molecule has 2 atom stereocenters. The summed E-state index contributed by atoms with van der Waals surface area (Å²) in [4.78, 5) is 36.4. The summed E-state index contributed by atoms with van der Waals surface area (Å²) in [7, 11) is 0. The van der Waals surface area contributed by atoms with Crippen molar-refractivity contribution in [2.24, 2.45) is 5.11 Å². The molecule has 4 heterocycles. The van der Waals surface area contributed by atoms with E-state index in [4.69, 9.17) is 28.7 Å². The Kier molecular flexibility index (Phi) is 8.14. The van der Waals surface area contributed by atoms with Crippen LogP contribution in [-0.4, -0.2) is 33.0 Å². The van der Waals surface area contributed by atoms with Gasteiger partial charge in [0.15, 0.2) is 0 Å². The van der Waals surface area contributed by atoms with Gasteiger partial charge in [-0.2, -0.15) is 0 Å². The van der Waals surface area contributed by atoms with Crippen molar-refractivity contribution in [3.8, 4) is 11.4 Å². The fraction of sp³-hybridized carbons (Fsp3) is 0.143. The van der Waals surface area contributed by atoms with Crippen LogP contribution in [0.4, 0.5) is 0 Å². The molecule has 0 amide bonds. The van der Waals surface area contributed by atoms with Crippen molar-refractivity contribution < 1.29 is 5.11 Å². The Labute approximate surface area is 247 Å². The van der Waals surface area contributed by atoms with E-state index in [9.17, 15) is 14.7 Å². The first-order chi connectivity index (χ1) is 20.2. The van der Waals surface area contributed by atoms with E-state index >= 15 is 0 Å². The van der Waals surface area contributed by atoms with Crippen molar-refractivity contribution in [2.75, 3.05) is 0 Å². The molecule has 1 N–H and O–H groups in total. The zero-order valence-corrected chi connectivity index (χ0v) is 23.8. The van der Waals surface area contributed by atoms with Crippen molar-refractivity contribution in [3.05, 3.63) is 138 Å². The molecule has 0 radical (unpaired) electrons. The highest BCUT2D eigenvalue weighted by atomic mass is 35.5. The van der Waals surface area contributed by atoms with Gasteiger partial charge in [-0.25, -0.2) is 28.4 Å². The molecule has 0 aliphatic rings. The van der Waals surface area contributed by atoms with Crippen LogP contribution >= 0.6 is 23.2 Å². The minimum absolute atomic E-state index is 0.229. The molecule has 4 aromatic heterocycles. The van der Waals surface area contributed by atoms with Gasteiger partial charge in [-0.1, -0.05) is 71.6 Å². The summed E-state index contributed by atoms with van der Waals surface area (Å²) in [5.74, 6) is 0. The number of para-hydroxylation sites is 2. The highest BCUT2D eigenvalue weighted by Gasteiger charge is 2.18. The number of hydrogen-bond acceptors (Lipinski definition) is 6. The van der Waals surface area contributed by atoms with Crippen LogP contribution in [-0.2, 0) is 0 Å². The second kappa shape index (κ2) is 11.9. The maximum atomic E-state index is 12.8. The van der Waals surface area contributed by atoms with E-state index in [2.05, 4.69) is 20.0 Å². The van der Waals surface area contributed by atoms with E-state index in [0.29, 0.717) is 34.1 Å². The van der Waals surface area contributed by atoms with E-state index in [0.717, 1.165) is 0 Å². The molecule has 12 nitrogen and oxygen atoms in total. The highest BCUT2D eigenvalue weighted by molar-refractivity contribution is 6.30. The zero-order chi connectivity index (χ0) is 30.0. The van der Waals surface area contributed by atoms with Gasteiger partial charge >= 0.3 is 11.4 Å². The molecular weight excluding hydrogens is 581 g/mol. The van der Waals surface area contributed by atoms with Crippen molar-refractivity contribution >= 4 is 34.5 Å². The summed E-state index contributed by atoms with van der Waals surface area (Å²) in [6.45, 7) is 3.32. The molecule has 0 spiro atoms. The van der Waals surface area contributed by atoms with Crippen LogP contribution < -0.4 is 11.4 Å². The fourth-order valence-corrected chi connectivity index (χ4v) is 4.93. The summed E-state index contributed by atoms with van der Waals surface area (Å²) >= 11 is 12.0. The van der Waals surface area contributed by atoms with Crippen molar-refractivity contribution in [2.45, 2.75) is 26.0 Å². The number of halogens is 2. The normalized spacial score (nSPS) is 12.4. The Morgan fingerprint density at radius 3 is 1.64 bits per heavy atom. The molecule has 6 rings (SSSR count). The Morgan fingerprint density at radius 2 is 1.21 bits per heavy atom. The number of benzene rings is 2. The van der Waals surface area contributed by atoms with Crippen LogP contribution in [0.5, 0.6) is 0 Å². The maximum absolute atomic E-state index is 12.8. The van der Waals surface area contributed by atoms with Crippen LogP contribution in [0.25, 0.3) is 33.1 Å². The third kappa shape index (κ3) is 5.27. The number of aliphatic hydroxyl groups is 1. The van der Waals surface area contributed by atoms with Crippen molar-refractivity contribution in [1.82, 2.24) is 27.9 Å². The Bertz CT molecular complexity index is 2060. The summed E-state index contributed by atoms with van der Waals surface area (Å²) in [5.41, 5.74) is 11.1. The van der Waals surface area contributed by atoms with Crippen LogP contribution in [0.2, 0.25) is 10.3 Å². The van der Waals surface area contributed by atoms with Crippen LogP contribution in [0.3, 0.4) is 0 Å². The summed E-state index contributed by atoms with van der Waals surface area (Å²) in [6, 6.07) is 21.0. The van der Waals surface area contributed by atoms with Gasteiger partial charge in [0.05, 0.1) is 41.6 Å². The van der Waals surface area contributed by atoms with Gasteiger partial charge in [0, 0.05) is 22.7 Å². The summed E-state index contributed by atoms with van der Waals surface area (Å²) in [6.07, 6.45) is 2.03. The molecule has 0 bridgehead atoms. The van der Waals surface area contributed by atoms with Crippen molar-refractivity contribution in [1.29, 1.82) is 0 Å². The SMILES string of the molecule is CC(N=[N+]=[N-])c1cc2ncc(Cl)n2c(=O)n1-c1ccccc1.CC(O)c1cc2ncc(Cl)n2c(=O)n1-c1ccccc1. The van der Waals surface area contributed by atoms with Crippen molar-refractivity contribution in [3.63, 3.8) is 0 Å². The van der Waals surface area contributed by atoms with Gasteiger partial charge in [0.2, 0.25) is 0 Å². The predicted octanol–water partition coefficient (Wildman–Crippen LogP) is 5.70.